The van der Waals surface area contributed by atoms with Crippen molar-refractivity contribution in [1.29, 1.82) is 0 Å². The van der Waals surface area contributed by atoms with Crippen LogP contribution >= 0.6 is 24.0 Å². The van der Waals surface area contributed by atoms with Crippen molar-refractivity contribution in [3.63, 3.8) is 0 Å². The van der Waals surface area contributed by atoms with Gasteiger partial charge < -0.3 is 19.7 Å². The molecule has 8 nitrogen and oxygen atoms in total. The zero-order valence-electron chi connectivity index (χ0n) is 20.4. The number of benzene rings is 2. The first-order chi connectivity index (χ1) is 16.9. The van der Waals surface area contributed by atoms with Crippen LogP contribution in [0, 0.1) is 0 Å². The second-order valence-corrected chi connectivity index (χ2v) is 8.20. The Labute approximate surface area is 230 Å². The van der Waals surface area contributed by atoms with Gasteiger partial charge in [0.15, 0.2) is 0 Å². The van der Waals surface area contributed by atoms with Crippen LogP contribution in [0.4, 0.5) is 0 Å². The molecule has 2 aromatic carbocycles. The van der Waals surface area contributed by atoms with Crippen molar-refractivity contribution in [3.05, 3.63) is 71.8 Å². The van der Waals surface area contributed by atoms with Gasteiger partial charge in [-0.1, -0.05) is 56.0 Å². The predicted molar refractivity (Wildman–Crippen MR) is 146 cm³/mol. The van der Waals surface area contributed by atoms with Crippen LogP contribution in [0.15, 0.2) is 60.7 Å². The predicted octanol–water partition coefficient (Wildman–Crippen LogP) is 4.50. The fourth-order valence-corrected chi connectivity index (χ4v) is 3.86. The summed E-state index contributed by atoms with van der Waals surface area (Å²) in [5.74, 6) is -0.558. The summed E-state index contributed by atoms with van der Waals surface area (Å²) < 4.78 is 9.25. The van der Waals surface area contributed by atoms with Crippen LogP contribution in [-0.2, 0) is 19.1 Å². The van der Waals surface area contributed by atoms with Gasteiger partial charge in [-0.05, 0) is 56.0 Å². The highest BCUT2D eigenvalue weighted by atomic mass is 35.5. The van der Waals surface area contributed by atoms with Crippen LogP contribution < -0.4 is 5.32 Å². The summed E-state index contributed by atoms with van der Waals surface area (Å²) in [5.41, 5.74) is 1.16. The third-order valence-electron chi connectivity index (χ3n) is 5.55. The summed E-state index contributed by atoms with van der Waals surface area (Å²) in [7, 11) is 2.77. The zero-order chi connectivity index (χ0) is 25.6. The van der Waals surface area contributed by atoms with E-state index in [1.807, 2.05) is 24.3 Å². The molecular weight excluding hydrogens is 519 g/mol. The van der Waals surface area contributed by atoms with Gasteiger partial charge in [0.25, 0.3) is 11.1 Å². The van der Waals surface area contributed by atoms with E-state index in [0.717, 1.165) is 25.8 Å². The van der Waals surface area contributed by atoms with Crippen LogP contribution in [0.5, 0.6) is 0 Å². The van der Waals surface area contributed by atoms with Crippen molar-refractivity contribution < 1.29 is 28.7 Å². The second-order valence-electron chi connectivity index (χ2n) is 7.86. The lowest BCUT2D eigenvalue weighted by atomic mass is 10.1. The Kier molecular flexibility index (Phi) is 16.9. The van der Waals surface area contributed by atoms with Gasteiger partial charge in [0.1, 0.15) is 12.1 Å². The van der Waals surface area contributed by atoms with Crippen LogP contribution in [0.3, 0.4) is 0 Å². The number of esters is 2. The maximum Gasteiger partial charge on any atom is 0.328 e. The highest BCUT2D eigenvalue weighted by molar-refractivity contribution is 6.67. The monoisotopic (exact) mass is 554 g/mol. The van der Waals surface area contributed by atoms with E-state index in [-0.39, 0.29) is 43.7 Å². The first kappa shape index (κ1) is 34.1. The summed E-state index contributed by atoms with van der Waals surface area (Å²) in [4.78, 5) is 46.5. The first-order valence-corrected chi connectivity index (χ1v) is 11.8. The minimum absolute atomic E-state index is 0. The molecule has 0 saturated carbocycles. The van der Waals surface area contributed by atoms with E-state index >= 15 is 0 Å². The molecule has 0 bridgehead atoms. The molecule has 10 heteroatoms. The largest absolute Gasteiger partial charge is 0.468 e. The summed E-state index contributed by atoms with van der Waals surface area (Å²) in [5, 5.41) is 2.63. The minimum Gasteiger partial charge on any atom is -0.468 e. The molecule has 1 N–H and O–H groups in total. The average molecular weight is 555 g/mol. The lowest BCUT2D eigenvalue weighted by Gasteiger charge is -2.22. The molecule has 0 aromatic heterocycles. The first-order valence-electron chi connectivity index (χ1n) is 11.4. The molecule has 0 radical (unpaired) electrons. The normalized spacial score (nSPS) is 17.3. The van der Waals surface area contributed by atoms with Crippen molar-refractivity contribution in [1.82, 2.24) is 10.2 Å². The Morgan fingerprint density at radius 2 is 1.38 bits per heavy atom. The molecule has 2 aliphatic rings. The Morgan fingerprint density at radius 1 is 0.838 bits per heavy atom. The Hall–Kier alpha value is -2.94. The van der Waals surface area contributed by atoms with Crippen molar-refractivity contribution in [3.8, 4) is 0 Å². The smallest absolute Gasteiger partial charge is 0.328 e. The molecule has 0 unspecified atom stereocenters. The van der Waals surface area contributed by atoms with Crippen LogP contribution in [0.2, 0.25) is 0 Å². The number of hydrogen-bond donors (Lipinski definition) is 1. The van der Waals surface area contributed by atoms with Gasteiger partial charge in [0.2, 0.25) is 0 Å². The minimum atomic E-state index is -0.423. The van der Waals surface area contributed by atoms with E-state index < -0.39 is 11.3 Å². The third kappa shape index (κ3) is 10.9. The molecule has 204 valence electrons. The van der Waals surface area contributed by atoms with Gasteiger partial charge in [0.05, 0.1) is 14.2 Å². The quantitative estimate of drug-likeness (QED) is 0.438. The number of nitrogens with zero attached hydrogens (tertiary/aromatic N) is 1. The Morgan fingerprint density at radius 3 is 1.81 bits per heavy atom. The maximum absolute atomic E-state index is 12.2. The van der Waals surface area contributed by atoms with E-state index in [0.29, 0.717) is 24.1 Å². The second kappa shape index (κ2) is 18.3. The molecule has 2 aromatic rings. The lowest BCUT2D eigenvalue weighted by Crippen LogP contribution is -2.41. The molecule has 37 heavy (non-hydrogen) atoms. The Balaban J connectivity index is 0.000000555. The van der Waals surface area contributed by atoms with Crippen LogP contribution in [0.25, 0.3) is 0 Å². The van der Waals surface area contributed by atoms with E-state index in [1.165, 1.54) is 14.2 Å². The number of methoxy groups -OCH3 is 2. The maximum atomic E-state index is 12.2. The summed E-state index contributed by atoms with van der Waals surface area (Å²) in [6, 6.07) is 17.3. The van der Waals surface area contributed by atoms with Crippen molar-refractivity contribution in [2.45, 2.75) is 45.2 Å². The fraction of sp³-hybridized carbons (Fsp3) is 0.407. The summed E-state index contributed by atoms with van der Waals surface area (Å²) in [6.45, 7) is 1.56. The molecule has 2 aliphatic heterocycles. The molecule has 2 heterocycles. The molecule has 0 aliphatic carbocycles. The highest BCUT2D eigenvalue weighted by Gasteiger charge is 2.35. The number of likely N-dealkylation sites (tertiary alicyclic amines) is 1. The third-order valence-corrected chi connectivity index (χ3v) is 5.77. The number of nitrogens with one attached hydrogen (secondary N) is 1. The number of rotatable bonds is 4. The van der Waals surface area contributed by atoms with Crippen molar-refractivity contribution >= 4 is 47.1 Å². The van der Waals surface area contributed by atoms with Gasteiger partial charge in [-0.15, -0.1) is 12.4 Å². The van der Waals surface area contributed by atoms with Crippen LogP contribution in [-0.4, -0.2) is 67.4 Å². The number of hydrogen-bond acceptors (Lipinski definition) is 7. The van der Waals surface area contributed by atoms with E-state index in [4.69, 9.17) is 16.3 Å². The molecule has 2 fully saturated rings. The van der Waals surface area contributed by atoms with Crippen molar-refractivity contribution in [2.24, 2.45) is 0 Å². The van der Waals surface area contributed by atoms with Gasteiger partial charge in [0, 0.05) is 17.7 Å². The van der Waals surface area contributed by atoms with Gasteiger partial charge in [-0.25, -0.2) is 4.79 Å². The molecular formula is C27H36Cl2N2O6. The van der Waals surface area contributed by atoms with Crippen molar-refractivity contribution in [2.75, 3.05) is 27.3 Å². The number of ether oxygens (including phenoxy) is 2. The molecule has 0 spiro atoms. The Bertz CT molecular complexity index is 969. The SMILES string of the molecule is C.COC(=O)[C@H]1CCCN1.COC(=O)[C@H]1CCCN1C(=O)c1ccccc1.Cl.O=C(Cl)c1ccccc1. The summed E-state index contributed by atoms with van der Waals surface area (Å²) in [6.07, 6.45) is 3.54. The average Bonchev–Trinajstić information content (AvgIpc) is 3.62. The van der Waals surface area contributed by atoms with E-state index in [1.54, 1.807) is 41.3 Å². The van der Waals surface area contributed by atoms with Gasteiger partial charge in [-0.3, -0.25) is 14.4 Å². The van der Waals surface area contributed by atoms with Gasteiger partial charge in [-0.2, -0.15) is 0 Å². The molecule has 2 atom stereocenters. The number of amides is 1. The fourth-order valence-electron chi connectivity index (χ4n) is 3.73. The van der Waals surface area contributed by atoms with E-state index in [9.17, 15) is 19.2 Å². The highest BCUT2D eigenvalue weighted by Crippen LogP contribution is 2.21. The molecule has 4 rings (SSSR count). The number of carbonyl (C=O) groups is 4. The number of halogens is 2. The van der Waals surface area contributed by atoms with Crippen LogP contribution in [0.1, 0.15) is 53.8 Å². The molecule has 1 amide bonds. The standard InChI is InChI=1S/C13H15NO3.C7H5ClO.C6H11NO2.CH4.ClH/c1-17-13(16)11-8-5-9-14(11)12(15)10-6-3-2-4-7-10;8-7(9)6-4-2-1-3-5-6;1-9-6(8)5-3-2-4-7-5;;/h2-4,6-7,11H,5,8-9H2,1H3;1-5H;5,7H,2-4H2,1H3;1H4;1H/t11-;;5-;;/m1.1../s1. The number of carbonyl (C=O) groups excluding carboxylic acids is 4. The summed E-state index contributed by atoms with van der Waals surface area (Å²) >= 11 is 5.16. The van der Waals surface area contributed by atoms with E-state index in [2.05, 4.69) is 10.1 Å². The van der Waals surface area contributed by atoms with Gasteiger partial charge >= 0.3 is 11.9 Å². The lowest BCUT2D eigenvalue weighted by molar-refractivity contribution is -0.145. The zero-order valence-corrected chi connectivity index (χ0v) is 21.9. The topological polar surface area (TPSA) is 102 Å². The molecule has 2 saturated heterocycles.